The van der Waals surface area contributed by atoms with E-state index in [0.29, 0.717) is 13.2 Å². The van der Waals surface area contributed by atoms with E-state index in [1.54, 1.807) is 0 Å². The van der Waals surface area contributed by atoms with Gasteiger partial charge in [-0.25, -0.2) is 4.79 Å². The SMILES string of the molecule is CCOC(=O)/C=C/CN(CCNC(c1ccccc1)(c1ccccc1)c1ccccc1)Cc1ccccc1. The quantitative estimate of drug-likeness (QED) is 0.134. The molecule has 194 valence electrons. The van der Waals surface area contributed by atoms with E-state index in [2.05, 4.69) is 125 Å². The van der Waals surface area contributed by atoms with Crippen molar-refractivity contribution in [1.82, 2.24) is 10.2 Å². The second kappa shape index (κ2) is 14.1. The molecule has 1 N–H and O–H groups in total. The van der Waals surface area contributed by atoms with Crippen LogP contribution in [0.1, 0.15) is 29.2 Å². The lowest BCUT2D eigenvalue weighted by Crippen LogP contribution is -2.47. The van der Waals surface area contributed by atoms with Crippen LogP contribution in [0, 0.1) is 0 Å². The number of rotatable bonds is 13. The summed E-state index contributed by atoms with van der Waals surface area (Å²) in [6.07, 6.45) is 3.41. The van der Waals surface area contributed by atoms with Crippen molar-refractivity contribution in [3.8, 4) is 0 Å². The van der Waals surface area contributed by atoms with Crippen LogP contribution < -0.4 is 5.32 Å². The largest absolute Gasteiger partial charge is 0.463 e. The second-order valence-electron chi connectivity index (χ2n) is 9.15. The van der Waals surface area contributed by atoms with Crippen LogP contribution in [0.4, 0.5) is 0 Å². The van der Waals surface area contributed by atoms with Gasteiger partial charge in [0.05, 0.1) is 12.1 Å². The number of nitrogens with zero attached hydrogens (tertiary/aromatic N) is 1. The zero-order valence-corrected chi connectivity index (χ0v) is 22.0. The molecule has 0 radical (unpaired) electrons. The third-order valence-corrected chi connectivity index (χ3v) is 6.59. The molecular formula is C34H36N2O2. The Morgan fingerprint density at radius 2 is 1.24 bits per heavy atom. The molecule has 0 amide bonds. The highest BCUT2D eigenvalue weighted by Gasteiger charge is 2.35. The summed E-state index contributed by atoms with van der Waals surface area (Å²) < 4.78 is 5.06. The Balaban J connectivity index is 1.61. The monoisotopic (exact) mass is 504 g/mol. The summed E-state index contributed by atoms with van der Waals surface area (Å²) in [5, 5.41) is 3.96. The molecular weight excluding hydrogens is 468 g/mol. The van der Waals surface area contributed by atoms with Crippen molar-refractivity contribution >= 4 is 5.97 Å². The third kappa shape index (κ3) is 7.06. The second-order valence-corrected chi connectivity index (χ2v) is 9.15. The van der Waals surface area contributed by atoms with Crippen LogP contribution in [0.25, 0.3) is 0 Å². The lowest BCUT2D eigenvalue weighted by molar-refractivity contribution is -0.137. The summed E-state index contributed by atoms with van der Waals surface area (Å²) in [6.45, 7) is 5.14. The highest BCUT2D eigenvalue weighted by atomic mass is 16.5. The minimum absolute atomic E-state index is 0.304. The maximum Gasteiger partial charge on any atom is 0.330 e. The van der Waals surface area contributed by atoms with Gasteiger partial charge in [0.2, 0.25) is 0 Å². The molecule has 4 heteroatoms. The number of ether oxygens (including phenoxy) is 1. The molecule has 4 nitrogen and oxygen atoms in total. The standard InChI is InChI=1S/C34H36N2O2/c1-2-38-33(37)24-15-26-36(28-29-16-7-3-8-17-29)27-25-35-34(30-18-9-4-10-19-30,31-20-11-5-12-21-31)32-22-13-6-14-23-32/h3-24,35H,2,25-28H2,1H3/b24-15+. The van der Waals surface area contributed by atoms with Gasteiger partial charge >= 0.3 is 5.97 Å². The van der Waals surface area contributed by atoms with Crippen molar-refractivity contribution in [2.24, 2.45) is 0 Å². The van der Waals surface area contributed by atoms with E-state index in [1.165, 1.54) is 28.3 Å². The maximum atomic E-state index is 11.9. The fourth-order valence-electron chi connectivity index (χ4n) is 4.84. The van der Waals surface area contributed by atoms with E-state index in [0.717, 1.165) is 19.6 Å². The van der Waals surface area contributed by atoms with Crippen molar-refractivity contribution in [2.75, 3.05) is 26.2 Å². The van der Waals surface area contributed by atoms with Crippen LogP contribution in [0.15, 0.2) is 133 Å². The Bertz CT molecular complexity index is 1160. The summed E-state index contributed by atoms with van der Waals surface area (Å²) in [5.41, 5.74) is 4.29. The lowest BCUT2D eigenvalue weighted by Gasteiger charge is -2.38. The van der Waals surface area contributed by atoms with E-state index in [9.17, 15) is 4.79 Å². The highest BCUT2D eigenvalue weighted by molar-refractivity contribution is 5.81. The van der Waals surface area contributed by atoms with Gasteiger partial charge in [-0.15, -0.1) is 0 Å². The predicted molar refractivity (Wildman–Crippen MR) is 155 cm³/mol. The number of benzene rings is 4. The Kier molecular flexibility index (Phi) is 10.0. The first-order valence-corrected chi connectivity index (χ1v) is 13.2. The minimum atomic E-state index is -0.511. The van der Waals surface area contributed by atoms with Gasteiger partial charge in [-0.1, -0.05) is 127 Å². The smallest absolute Gasteiger partial charge is 0.330 e. The van der Waals surface area contributed by atoms with Crippen molar-refractivity contribution in [3.05, 3.63) is 156 Å². The third-order valence-electron chi connectivity index (χ3n) is 6.59. The van der Waals surface area contributed by atoms with Crippen LogP contribution in [0.5, 0.6) is 0 Å². The van der Waals surface area contributed by atoms with Crippen molar-refractivity contribution in [3.63, 3.8) is 0 Å². The molecule has 0 heterocycles. The molecule has 0 aliphatic heterocycles. The highest BCUT2D eigenvalue weighted by Crippen LogP contribution is 2.36. The zero-order valence-electron chi connectivity index (χ0n) is 22.0. The van der Waals surface area contributed by atoms with Crippen molar-refractivity contribution in [2.45, 2.75) is 19.0 Å². The van der Waals surface area contributed by atoms with Crippen LogP contribution in [0.3, 0.4) is 0 Å². The molecule has 0 unspecified atom stereocenters. The van der Waals surface area contributed by atoms with Crippen molar-refractivity contribution < 1.29 is 9.53 Å². The summed E-state index contributed by atoms with van der Waals surface area (Å²) >= 11 is 0. The summed E-state index contributed by atoms with van der Waals surface area (Å²) in [4.78, 5) is 14.2. The number of esters is 1. The molecule has 0 aliphatic rings. The van der Waals surface area contributed by atoms with Gasteiger partial charge in [0.15, 0.2) is 0 Å². The molecule has 0 aliphatic carbocycles. The van der Waals surface area contributed by atoms with E-state index in [1.807, 2.05) is 19.1 Å². The van der Waals surface area contributed by atoms with Crippen LogP contribution >= 0.6 is 0 Å². The number of hydrogen-bond donors (Lipinski definition) is 1. The van der Waals surface area contributed by atoms with Gasteiger partial charge in [0.25, 0.3) is 0 Å². The van der Waals surface area contributed by atoms with E-state index < -0.39 is 5.54 Å². The maximum absolute atomic E-state index is 11.9. The van der Waals surface area contributed by atoms with Gasteiger partial charge < -0.3 is 4.74 Å². The van der Waals surface area contributed by atoms with Crippen LogP contribution in [-0.4, -0.2) is 37.1 Å². The Morgan fingerprint density at radius 3 is 1.71 bits per heavy atom. The molecule has 0 aromatic heterocycles. The Hall–Kier alpha value is -3.99. The topological polar surface area (TPSA) is 41.6 Å². The molecule has 0 atom stereocenters. The summed E-state index contributed by atoms with van der Waals surface area (Å²) in [7, 11) is 0. The molecule has 0 spiro atoms. The minimum Gasteiger partial charge on any atom is -0.463 e. The molecule has 4 aromatic rings. The molecule has 0 saturated heterocycles. The van der Waals surface area contributed by atoms with Crippen molar-refractivity contribution in [1.29, 1.82) is 0 Å². The molecule has 38 heavy (non-hydrogen) atoms. The van der Waals surface area contributed by atoms with Crippen LogP contribution in [-0.2, 0) is 21.6 Å². The predicted octanol–water partition coefficient (Wildman–Crippen LogP) is 6.19. The first-order valence-electron chi connectivity index (χ1n) is 13.2. The van der Waals surface area contributed by atoms with E-state index in [-0.39, 0.29) is 5.97 Å². The first-order chi connectivity index (χ1) is 18.7. The fourth-order valence-corrected chi connectivity index (χ4v) is 4.84. The van der Waals surface area contributed by atoms with Gasteiger partial charge in [0.1, 0.15) is 0 Å². The average molecular weight is 505 g/mol. The Morgan fingerprint density at radius 1 is 0.763 bits per heavy atom. The average Bonchev–Trinajstić information content (AvgIpc) is 2.97. The number of carbonyl (C=O) groups is 1. The summed E-state index contributed by atoms with van der Waals surface area (Å²) in [5.74, 6) is -0.304. The normalized spacial score (nSPS) is 11.6. The van der Waals surface area contributed by atoms with E-state index >= 15 is 0 Å². The lowest BCUT2D eigenvalue weighted by atomic mass is 9.77. The number of hydrogen-bond acceptors (Lipinski definition) is 4. The Labute approximate surface area is 226 Å². The molecule has 0 saturated carbocycles. The molecule has 0 bridgehead atoms. The number of carbonyl (C=O) groups excluding carboxylic acids is 1. The van der Waals surface area contributed by atoms with Gasteiger partial charge in [0, 0.05) is 32.3 Å². The fraction of sp³-hybridized carbons (Fsp3) is 0.206. The summed E-state index contributed by atoms with van der Waals surface area (Å²) in [6, 6.07) is 42.3. The number of nitrogens with one attached hydrogen (secondary N) is 1. The van der Waals surface area contributed by atoms with Gasteiger partial charge in [-0.2, -0.15) is 0 Å². The van der Waals surface area contributed by atoms with E-state index in [4.69, 9.17) is 4.74 Å². The zero-order chi connectivity index (χ0) is 26.5. The van der Waals surface area contributed by atoms with Crippen LogP contribution in [0.2, 0.25) is 0 Å². The molecule has 4 rings (SSSR count). The molecule has 0 fully saturated rings. The van der Waals surface area contributed by atoms with Gasteiger partial charge in [-0.3, -0.25) is 10.2 Å². The van der Waals surface area contributed by atoms with Gasteiger partial charge in [-0.05, 0) is 29.2 Å². The molecule has 4 aromatic carbocycles. The first kappa shape index (κ1) is 27.1.